The number of amides is 1. The summed E-state index contributed by atoms with van der Waals surface area (Å²) in [6.45, 7) is 5.77. The lowest BCUT2D eigenvalue weighted by Crippen LogP contribution is -2.43. The van der Waals surface area contributed by atoms with Crippen LogP contribution >= 0.6 is 33.9 Å². The van der Waals surface area contributed by atoms with Crippen LogP contribution in [-0.2, 0) is 0 Å². The van der Waals surface area contributed by atoms with Crippen LogP contribution in [0.2, 0.25) is 0 Å². The number of halogens is 1. The van der Waals surface area contributed by atoms with Crippen LogP contribution in [0.5, 0.6) is 0 Å². The first-order valence-electron chi connectivity index (χ1n) is 5.65. The van der Waals surface area contributed by atoms with Crippen molar-refractivity contribution in [2.75, 3.05) is 27.2 Å². The molecule has 5 heteroatoms. The normalized spacial score (nSPS) is 12.8. The van der Waals surface area contributed by atoms with Crippen LogP contribution < -0.4 is 0 Å². The Labute approximate surface area is 121 Å². The monoisotopic (exact) mass is 366 g/mol. The summed E-state index contributed by atoms with van der Waals surface area (Å²) >= 11 is 3.86. The molecular formula is C12H19IN2OS. The van der Waals surface area contributed by atoms with Crippen molar-refractivity contribution in [2.24, 2.45) is 0 Å². The Hall–Kier alpha value is -0.140. The second-order valence-electron chi connectivity index (χ2n) is 4.34. The van der Waals surface area contributed by atoms with E-state index in [0.717, 1.165) is 21.5 Å². The lowest BCUT2D eigenvalue weighted by Gasteiger charge is -2.29. The van der Waals surface area contributed by atoms with Gasteiger partial charge in [-0.15, -0.1) is 11.3 Å². The van der Waals surface area contributed by atoms with Gasteiger partial charge in [0, 0.05) is 24.5 Å². The molecule has 0 spiro atoms. The predicted octanol–water partition coefficient (Wildman–Crippen LogP) is 2.76. The minimum Gasteiger partial charge on any atom is -0.335 e. The van der Waals surface area contributed by atoms with Crippen molar-refractivity contribution in [3.63, 3.8) is 0 Å². The molecule has 0 aliphatic heterocycles. The molecule has 1 atom stereocenters. The van der Waals surface area contributed by atoms with Gasteiger partial charge in [-0.25, -0.2) is 0 Å². The van der Waals surface area contributed by atoms with Crippen LogP contribution in [0.1, 0.15) is 24.2 Å². The molecule has 1 rings (SSSR count). The molecule has 1 heterocycles. The van der Waals surface area contributed by atoms with Crippen molar-refractivity contribution < 1.29 is 4.79 Å². The van der Waals surface area contributed by atoms with Gasteiger partial charge in [0.2, 0.25) is 0 Å². The third-order valence-electron chi connectivity index (χ3n) is 2.58. The molecule has 1 amide bonds. The van der Waals surface area contributed by atoms with E-state index < -0.39 is 0 Å². The molecule has 0 saturated heterocycles. The Morgan fingerprint density at radius 3 is 2.59 bits per heavy atom. The highest BCUT2D eigenvalue weighted by Gasteiger charge is 2.21. The summed E-state index contributed by atoms with van der Waals surface area (Å²) < 4.78 is 1.15. The largest absolute Gasteiger partial charge is 0.335 e. The fraction of sp³-hybridized carbons (Fsp3) is 0.583. The lowest BCUT2D eigenvalue weighted by atomic mass is 10.2. The maximum Gasteiger partial charge on any atom is 0.255 e. The van der Waals surface area contributed by atoms with E-state index in [2.05, 4.69) is 34.4 Å². The first-order chi connectivity index (χ1) is 7.95. The summed E-state index contributed by atoms with van der Waals surface area (Å²) in [4.78, 5) is 16.4. The fourth-order valence-corrected chi connectivity index (χ4v) is 3.19. The maximum atomic E-state index is 12.3. The minimum absolute atomic E-state index is 0.140. The van der Waals surface area contributed by atoms with Crippen LogP contribution in [-0.4, -0.2) is 48.9 Å². The molecule has 96 valence electrons. The topological polar surface area (TPSA) is 23.6 Å². The third kappa shape index (κ3) is 4.22. The zero-order valence-corrected chi connectivity index (χ0v) is 13.7. The maximum absolute atomic E-state index is 12.3. The molecule has 0 N–H and O–H groups in total. The number of hydrogen-bond donors (Lipinski definition) is 0. The van der Waals surface area contributed by atoms with Gasteiger partial charge in [0.25, 0.3) is 5.91 Å². The standard InChI is InChI=1S/C12H19IN2OS/c1-5-15(9(2)7-14(3)4)12(16)10-6-11(13)17-8-10/h6,8-9H,5,7H2,1-4H3. The fourth-order valence-electron chi connectivity index (χ4n) is 1.87. The summed E-state index contributed by atoms with van der Waals surface area (Å²) in [5, 5.41) is 1.94. The van der Waals surface area contributed by atoms with Gasteiger partial charge in [-0.3, -0.25) is 4.79 Å². The number of carbonyl (C=O) groups is 1. The van der Waals surface area contributed by atoms with Crippen molar-refractivity contribution in [3.05, 3.63) is 19.9 Å². The van der Waals surface area contributed by atoms with Crippen molar-refractivity contribution in [1.29, 1.82) is 0 Å². The Balaban J connectivity index is 2.76. The molecule has 0 aliphatic carbocycles. The molecule has 1 aromatic rings. The van der Waals surface area contributed by atoms with Gasteiger partial charge in [-0.05, 0) is 56.6 Å². The zero-order valence-electron chi connectivity index (χ0n) is 10.7. The number of thiophene rings is 1. The number of likely N-dealkylation sites (N-methyl/N-ethyl adjacent to an activating group) is 2. The van der Waals surface area contributed by atoms with Crippen LogP contribution in [0.3, 0.4) is 0 Å². The minimum atomic E-state index is 0.140. The van der Waals surface area contributed by atoms with Crippen LogP contribution in [0.15, 0.2) is 11.4 Å². The molecule has 0 radical (unpaired) electrons. The Morgan fingerprint density at radius 2 is 2.18 bits per heavy atom. The van der Waals surface area contributed by atoms with Crippen molar-refractivity contribution >= 4 is 39.8 Å². The predicted molar refractivity (Wildman–Crippen MR) is 81.8 cm³/mol. The first-order valence-corrected chi connectivity index (χ1v) is 7.61. The van der Waals surface area contributed by atoms with Crippen molar-refractivity contribution in [1.82, 2.24) is 9.80 Å². The average molecular weight is 366 g/mol. The number of rotatable bonds is 5. The van der Waals surface area contributed by atoms with E-state index in [1.54, 1.807) is 11.3 Å². The first kappa shape index (κ1) is 14.9. The second kappa shape index (κ2) is 6.70. The number of hydrogen-bond acceptors (Lipinski definition) is 3. The Bertz CT molecular complexity index is 378. The summed E-state index contributed by atoms with van der Waals surface area (Å²) in [6, 6.07) is 2.19. The van der Waals surface area contributed by atoms with Gasteiger partial charge in [0.1, 0.15) is 0 Å². The number of carbonyl (C=O) groups excluding carboxylic acids is 1. The quantitative estimate of drug-likeness (QED) is 0.749. The highest BCUT2D eigenvalue weighted by Crippen LogP contribution is 2.19. The van der Waals surface area contributed by atoms with E-state index in [0.29, 0.717) is 0 Å². The SMILES string of the molecule is CCN(C(=O)c1csc(I)c1)C(C)CN(C)C. The van der Waals surface area contributed by atoms with E-state index in [9.17, 15) is 4.79 Å². The molecule has 0 bridgehead atoms. The molecule has 3 nitrogen and oxygen atoms in total. The highest BCUT2D eigenvalue weighted by atomic mass is 127. The summed E-state index contributed by atoms with van der Waals surface area (Å²) in [5.41, 5.74) is 0.812. The molecule has 0 fully saturated rings. The third-order valence-corrected chi connectivity index (χ3v) is 4.37. The molecule has 0 saturated carbocycles. The van der Waals surface area contributed by atoms with E-state index in [1.807, 2.05) is 37.4 Å². The van der Waals surface area contributed by atoms with Crippen molar-refractivity contribution in [3.8, 4) is 0 Å². The summed E-state index contributed by atoms with van der Waals surface area (Å²) in [7, 11) is 4.06. The van der Waals surface area contributed by atoms with E-state index in [4.69, 9.17) is 0 Å². The van der Waals surface area contributed by atoms with Crippen LogP contribution in [0.25, 0.3) is 0 Å². The molecule has 0 aromatic carbocycles. The summed E-state index contributed by atoms with van der Waals surface area (Å²) in [6.07, 6.45) is 0. The van der Waals surface area contributed by atoms with E-state index >= 15 is 0 Å². The molecule has 17 heavy (non-hydrogen) atoms. The van der Waals surface area contributed by atoms with Gasteiger partial charge in [-0.1, -0.05) is 0 Å². The van der Waals surface area contributed by atoms with Crippen molar-refractivity contribution in [2.45, 2.75) is 19.9 Å². The Kier molecular flexibility index (Phi) is 5.88. The van der Waals surface area contributed by atoms with E-state index in [-0.39, 0.29) is 11.9 Å². The summed E-state index contributed by atoms with van der Waals surface area (Å²) in [5.74, 6) is 0.140. The smallest absolute Gasteiger partial charge is 0.255 e. The molecule has 1 aromatic heterocycles. The van der Waals surface area contributed by atoms with Crippen LogP contribution in [0, 0.1) is 2.88 Å². The molecule has 1 unspecified atom stereocenters. The van der Waals surface area contributed by atoms with Gasteiger partial charge in [0.05, 0.1) is 8.45 Å². The zero-order chi connectivity index (χ0) is 13.0. The van der Waals surface area contributed by atoms with Gasteiger partial charge in [0.15, 0.2) is 0 Å². The molecule has 0 aliphatic rings. The van der Waals surface area contributed by atoms with Gasteiger partial charge >= 0.3 is 0 Å². The van der Waals surface area contributed by atoms with E-state index in [1.165, 1.54) is 0 Å². The number of nitrogens with zero attached hydrogens (tertiary/aromatic N) is 2. The van der Waals surface area contributed by atoms with Crippen LogP contribution in [0.4, 0.5) is 0 Å². The molecular weight excluding hydrogens is 347 g/mol. The second-order valence-corrected chi connectivity index (χ2v) is 7.15. The lowest BCUT2D eigenvalue weighted by molar-refractivity contribution is 0.0679. The average Bonchev–Trinajstić information content (AvgIpc) is 2.64. The van der Waals surface area contributed by atoms with Gasteiger partial charge < -0.3 is 9.80 Å². The Morgan fingerprint density at radius 1 is 1.53 bits per heavy atom. The van der Waals surface area contributed by atoms with Gasteiger partial charge in [-0.2, -0.15) is 0 Å². The highest BCUT2D eigenvalue weighted by molar-refractivity contribution is 14.1.